The molecule has 3 aromatic carbocycles. The highest BCUT2D eigenvalue weighted by atomic mass is 15.1. The lowest BCUT2D eigenvalue weighted by Crippen LogP contribution is -2.36. The van der Waals surface area contributed by atoms with Gasteiger partial charge in [-0.05, 0) is 47.5 Å². The summed E-state index contributed by atoms with van der Waals surface area (Å²) in [6.07, 6.45) is 8.40. The molecule has 0 spiro atoms. The summed E-state index contributed by atoms with van der Waals surface area (Å²) in [5.41, 5.74) is 11.4. The van der Waals surface area contributed by atoms with E-state index in [4.69, 9.17) is 5.73 Å². The van der Waals surface area contributed by atoms with Crippen LogP contribution in [0.1, 0.15) is 11.1 Å². The maximum absolute atomic E-state index is 5.60. The van der Waals surface area contributed by atoms with E-state index in [1.807, 2.05) is 12.1 Å². The number of pyridine rings is 1. The van der Waals surface area contributed by atoms with E-state index in [1.54, 1.807) is 0 Å². The molecule has 0 saturated heterocycles. The highest BCUT2D eigenvalue weighted by Gasteiger charge is 2.11. The Kier molecular flexibility index (Phi) is 6.33. The van der Waals surface area contributed by atoms with Gasteiger partial charge >= 0.3 is 0 Å². The number of hydrogen-bond donors (Lipinski definition) is 1. The normalized spacial score (nSPS) is 11.0. The van der Waals surface area contributed by atoms with Crippen LogP contribution in [0.25, 0.3) is 12.2 Å². The Morgan fingerprint density at radius 1 is 0.600 bits per heavy atom. The minimum Gasteiger partial charge on any atom is -0.325 e. The first-order chi connectivity index (χ1) is 14.8. The molecule has 2 N–H and O–H groups in total. The molecule has 0 radical (unpaired) electrons. The molecule has 0 unspecified atom stereocenters. The molecule has 30 heavy (non-hydrogen) atoms. The average Bonchev–Trinajstić information content (AvgIpc) is 2.81. The summed E-state index contributed by atoms with van der Waals surface area (Å²) in [5, 5.41) is 0. The summed E-state index contributed by atoms with van der Waals surface area (Å²) in [4.78, 5) is 2.26. The number of rotatable bonds is 7. The third-order valence-corrected chi connectivity index (χ3v) is 4.95. The van der Waals surface area contributed by atoms with Gasteiger partial charge in [-0.15, -0.1) is 0 Å². The first-order valence-corrected chi connectivity index (χ1v) is 10.2. The summed E-state index contributed by atoms with van der Waals surface area (Å²) in [6, 6.07) is 33.7. The fraction of sp³-hybridized carbons (Fsp3) is 0.0741. The molecule has 1 heterocycles. The molecular weight excluding hydrogens is 366 g/mol. The number of para-hydroxylation sites is 2. The van der Waals surface area contributed by atoms with E-state index in [1.165, 1.54) is 11.1 Å². The van der Waals surface area contributed by atoms with Crippen molar-refractivity contribution in [3.63, 3.8) is 0 Å². The van der Waals surface area contributed by atoms with Gasteiger partial charge in [-0.2, -0.15) is 0 Å². The van der Waals surface area contributed by atoms with Crippen molar-refractivity contribution >= 4 is 29.2 Å². The molecule has 148 valence electrons. The maximum Gasteiger partial charge on any atom is 0.169 e. The summed E-state index contributed by atoms with van der Waals surface area (Å²) in [5.74, 6) is 0. The van der Waals surface area contributed by atoms with Crippen LogP contribution in [0.2, 0.25) is 0 Å². The molecule has 0 amide bonds. The van der Waals surface area contributed by atoms with Crippen molar-refractivity contribution in [2.24, 2.45) is 5.73 Å². The summed E-state index contributed by atoms with van der Waals surface area (Å²) >= 11 is 0. The smallest absolute Gasteiger partial charge is 0.169 e. The monoisotopic (exact) mass is 392 g/mol. The van der Waals surface area contributed by atoms with E-state index >= 15 is 0 Å². The Morgan fingerprint density at radius 3 is 1.57 bits per heavy atom. The van der Waals surface area contributed by atoms with Gasteiger partial charge in [-0.3, -0.25) is 0 Å². The number of benzene rings is 3. The molecule has 0 aliphatic heterocycles. The molecule has 0 bridgehead atoms. The molecular formula is C27H26N3+. The Bertz CT molecular complexity index is 1030. The van der Waals surface area contributed by atoms with Gasteiger partial charge in [0.25, 0.3) is 0 Å². The highest BCUT2D eigenvalue weighted by molar-refractivity contribution is 5.77. The quantitative estimate of drug-likeness (QED) is 0.417. The molecule has 4 rings (SSSR count). The van der Waals surface area contributed by atoms with Gasteiger partial charge in [-0.25, -0.2) is 4.57 Å². The van der Waals surface area contributed by atoms with Crippen LogP contribution in [0.4, 0.5) is 17.1 Å². The van der Waals surface area contributed by atoms with Gasteiger partial charge in [0.2, 0.25) is 0 Å². The van der Waals surface area contributed by atoms with Crippen molar-refractivity contribution in [1.82, 2.24) is 0 Å². The maximum atomic E-state index is 5.60. The zero-order chi connectivity index (χ0) is 20.6. The predicted molar refractivity (Wildman–Crippen MR) is 126 cm³/mol. The first kappa shape index (κ1) is 19.6. The number of anilines is 3. The Balaban J connectivity index is 1.56. The number of hydrogen-bond acceptors (Lipinski definition) is 2. The fourth-order valence-corrected chi connectivity index (χ4v) is 3.41. The number of nitrogens with two attached hydrogens (primary N) is 1. The topological polar surface area (TPSA) is 33.1 Å². The standard InChI is InChI=1S/C27H26N3/c28-19-22-29-20-17-24(18-21-29)12-11-23-13-15-27(16-14-23)30(25-7-3-1-4-8-25)26-9-5-2-6-10-26/h1-18,20-21H,19,22,28H2/q+1. The van der Waals surface area contributed by atoms with E-state index < -0.39 is 0 Å². The third-order valence-electron chi connectivity index (χ3n) is 4.95. The predicted octanol–water partition coefficient (Wildman–Crippen LogP) is 5.57. The molecule has 3 nitrogen and oxygen atoms in total. The van der Waals surface area contributed by atoms with Crippen LogP contribution in [0, 0.1) is 0 Å². The second-order valence-electron chi connectivity index (χ2n) is 7.09. The Labute approximate surface area is 178 Å². The molecule has 0 aliphatic carbocycles. The van der Waals surface area contributed by atoms with Crippen molar-refractivity contribution in [2.75, 3.05) is 11.4 Å². The summed E-state index contributed by atoms with van der Waals surface area (Å²) < 4.78 is 2.09. The van der Waals surface area contributed by atoms with Crippen LogP contribution in [-0.4, -0.2) is 6.54 Å². The minimum atomic E-state index is 0.648. The largest absolute Gasteiger partial charge is 0.325 e. The second-order valence-corrected chi connectivity index (χ2v) is 7.09. The van der Waals surface area contributed by atoms with Crippen LogP contribution in [0.15, 0.2) is 109 Å². The fourth-order valence-electron chi connectivity index (χ4n) is 3.41. The van der Waals surface area contributed by atoms with Crippen molar-refractivity contribution in [3.8, 4) is 0 Å². The van der Waals surface area contributed by atoms with Gasteiger partial charge in [0.1, 0.15) is 0 Å². The van der Waals surface area contributed by atoms with Crippen molar-refractivity contribution < 1.29 is 4.57 Å². The van der Waals surface area contributed by atoms with Gasteiger partial charge in [0.15, 0.2) is 18.9 Å². The Morgan fingerprint density at radius 2 is 1.07 bits per heavy atom. The van der Waals surface area contributed by atoms with E-state index in [2.05, 4.69) is 119 Å². The summed E-state index contributed by atoms with van der Waals surface area (Å²) in [7, 11) is 0. The second kappa shape index (κ2) is 9.68. The van der Waals surface area contributed by atoms with E-state index in [-0.39, 0.29) is 0 Å². The molecule has 4 aromatic rings. The lowest BCUT2D eigenvalue weighted by Gasteiger charge is -2.25. The van der Waals surface area contributed by atoms with E-state index in [9.17, 15) is 0 Å². The third kappa shape index (κ3) is 4.83. The van der Waals surface area contributed by atoms with E-state index in [0.29, 0.717) is 6.54 Å². The molecule has 1 aromatic heterocycles. The van der Waals surface area contributed by atoms with Crippen molar-refractivity contribution in [1.29, 1.82) is 0 Å². The highest BCUT2D eigenvalue weighted by Crippen LogP contribution is 2.34. The van der Waals surface area contributed by atoms with Crippen molar-refractivity contribution in [3.05, 3.63) is 121 Å². The molecule has 0 saturated carbocycles. The van der Waals surface area contributed by atoms with Crippen LogP contribution in [0.3, 0.4) is 0 Å². The zero-order valence-corrected chi connectivity index (χ0v) is 16.9. The van der Waals surface area contributed by atoms with Crippen molar-refractivity contribution in [2.45, 2.75) is 6.54 Å². The van der Waals surface area contributed by atoms with Crippen LogP contribution in [-0.2, 0) is 6.54 Å². The SMILES string of the molecule is NCC[n+]1ccc(/C=C/c2ccc(N(c3ccccc3)c3ccccc3)cc2)cc1. The summed E-state index contributed by atoms with van der Waals surface area (Å²) in [6.45, 7) is 1.49. The first-order valence-electron chi connectivity index (χ1n) is 10.2. The Hall–Kier alpha value is -3.69. The van der Waals surface area contributed by atoms with E-state index in [0.717, 1.165) is 23.6 Å². The minimum absolute atomic E-state index is 0.648. The molecule has 0 aliphatic rings. The number of nitrogens with zero attached hydrogens (tertiary/aromatic N) is 2. The average molecular weight is 393 g/mol. The lowest BCUT2D eigenvalue weighted by molar-refractivity contribution is -0.694. The number of aromatic nitrogens is 1. The zero-order valence-electron chi connectivity index (χ0n) is 16.9. The van der Waals surface area contributed by atoms with Crippen LogP contribution < -0.4 is 15.2 Å². The lowest BCUT2D eigenvalue weighted by atomic mass is 10.1. The van der Waals surface area contributed by atoms with Crippen LogP contribution >= 0.6 is 0 Å². The van der Waals surface area contributed by atoms with Crippen LogP contribution in [0.5, 0.6) is 0 Å². The van der Waals surface area contributed by atoms with Gasteiger partial charge in [0, 0.05) is 29.2 Å². The molecule has 0 fully saturated rings. The molecule has 0 atom stereocenters. The van der Waals surface area contributed by atoms with Gasteiger partial charge in [-0.1, -0.05) is 60.7 Å². The molecule has 3 heteroatoms. The van der Waals surface area contributed by atoms with Gasteiger partial charge in [0.05, 0.1) is 6.54 Å². The van der Waals surface area contributed by atoms with Gasteiger partial charge < -0.3 is 10.6 Å².